The number of carbonyl (C=O) groups is 1. The van der Waals surface area contributed by atoms with Crippen molar-refractivity contribution in [2.24, 2.45) is 0 Å². The fraction of sp³-hybridized carbons (Fsp3) is 0.667. The van der Waals surface area contributed by atoms with Crippen molar-refractivity contribution in [2.75, 3.05) is 14.1 Å². The summed E-state index contributed by atoms with van der Waals surface area (Å²) in [5.74, 6) is 0. The minimum absolute atomic E-state index is 0.0828. The van der Waals surface area contributed by atoms with Crippen molar-refractivity contribution in [3.63, 3.8) is 0 Å². The maximum Gasteiger partial charge on any atom is 0.325 e. The second kappa shape index (κ2) is 3.06. The first-order valence-electron chi connectivity index (χ1n) is 1.76. The average molecular weight is 214 g/mol. The molecule has 4 heteroatoms. The van der Waals surface area contributed by atoms with E-state index in [2.05, 4.69) is 3.53 Å². The summed E-state index contributed by atoms with van der Waals surface area (Å²) in [6, 6.07) is -0.0828. The summed E-state index contributed by atoms with van der Waals surface area (Å²) in [5.41, 5.74) is 0. The Morgan fingerprint density at radius 1 is 1.71 bits per heavy atom. The lowest BCUT2D eigenvalue weighted by Gasteiger charge is -2.05. The van der Waals surface area contributed by atoms with Crippen LogP contribution in [0.2, 0.25) is 0 Å². The molecule has 0 heterocycles. The van der Waals surface area contributed by atoms with Crippen LogP contribution in [0.4, 0.5) is 4.79 Å². The number of amides is 2. The Kier molecular flexibility index (Phi) is 3.06. The Hall–Kier alpha value is 0. The van der Waals surface area contributed by atoms with E-state index in [0.717, 1.165) is 0 Å². The van der Waals surface area contributed by atoms with Crippen molar-refractivity contribution in [3.8, 4) is 0 Å². The van der Waals surface area contributed by atoms with Crippen LogP contribution in [0.25, 0.3) is 0 Å². The highest BCUT2D eigenvalue weighted by molar-refractivity contribution is 14.1. The molecule has 0 aromatic carbocycles. The van der Waals surface area contributed by atoms with Gasteiger partial charge in [-0.05, 0) is 0 Å². The van der Waals surface area contributed by atoms with Crippen LogP contribution in [-0.2, 0) is 0 Å². The summed E-state index contributed by atoms with van der Waals surface area (Å²) in [7, 11) is 3.38. The van der Waals surface area contributed by atoms with Gasteiger partial charge >= 0.3 is 6.03 Å². The smallest absolute Gasteiger partial charge is 0.325 e. The summed E-state index contributed by atoms with van der Waals surface area (Å²) < 4.78 is 2.42. The highest BCUT2D eigenvalue weighted by atomic mass is 127. The van der Waals surface area contributed by atoms with Gasteiger partial charge in [0.25, 0.3) is 0 Å². The molecule has 0 saturated carbocycles. The monoisotopic (exact) mass is 214 g/mol. The molecule has 0 fully saturated rings. The third-order valence-electron chi connectivity index (χ3n) is 0.487. The number of nitrogens with zero attached hydrogens (tertiary/aromatic N) is 1. The summed E-state index contributed by atoms with van der Waals surface area (Å²) >= 11 is 1.79. The lowest BCUT2D eigenvalue weighted by Crippen LogP contribution is -2.27. The van der Waals surface area contributed by atoms with Crippen LogP contribution in [0, 0.1) is 0 Å². The molecule has 7 heavy (non-hydrogen) atoms. The Labute approximate surface area is 56.6 Å². The summed E-state index contributed by atoms with van der Waals surface area (Å²) in [6.45, 7) is 0. The molecule has 0 rings (SSSR count). The predicted molar refractivity (Wildman–Crippen MR) is 36.2 cm³/mol. The summed E-state index contributed by atoms with van der Waals surface area (Å²) in [6.07, 6.45) is 0. The quantitative estimate of drug-likeness (QED) is 0.465. The lowest BCUT2D eigenvalue weighted by atomic mass is 10.9. The lowest BCUT2D eigenvalue weighted by molar-refractivity contribution is 0.225. The van der Waals surface area contributed by atoms with Crippen molar-refractivity contribution in [2.45, 2.75) is 0 Å². The van der Waals surface area contributed by atoms with Crippen molar-refractivity contribution in [1.29, 1.82) is 0 Å². The van der Waals surface area contributed by atoms with Gasteiger partial charge in [0, 0.05) is 14.1 Å². The van der Waals surface area contributed by atoms with E-state index in [0.29, 0.717) is 0 Å². The molecule has 42 valence electrons. The zero-order valence-electron chi connectivity index (χ0n) is 4.23. The molecule has 0 aliphatic heterocycles. The molecule has 3 nitrogen and oxygen atoms in total. The van der Waals surface area contributed by atoms with Crippen LogP contribution in [0.5, 0.6) is 0 Å². The number of urea groups is 1. The molecule has 0 atom stereocenters. The molecular formula is C3H7IN2O. The fourth-order valence-electron chi connectivity index (χ4n) is 0.0845. The molecule has 0 unspecified atom stereocenters. The van der Waals surface area contributed by atoms with Crippen LogP contribution in [0.1, 0.15) is 0 Å². The van der Waals surface area contributed by atoms with Gasteiger partial charge in [-0.3, -0.25) is 3.53 Å². The van der Waals surface area contributed by atoms with E-state index in [1.165, 1.54) is 4.90 Å². The van der Waals surface area contributed by atoms with Gasteiger partial charge in [-0.1, -0.05) is 0 Å². The average Bonchev–Trinajstić information content (AvgIpc) is 1.65. The number of hydrogen-bond acceptors (Lipinski definition) is 1. The SMILES string of the molecule is CN(C)C(=O)NI. The van der Waals surface area contributed by atoms with Crippen LogP contribution in [0.3, 0.4) is 0 Å². The van der Waals surface area contributed by atoms with Gasteiger partial charge in [0.05, 0.1) is 22.9 Å². The molecule has 0 radical (unpaired) electrons. The van der Waals surface area contributed by atoms with Gasteiger partial charge < -0.3 is 4.90 Å². The van der Waals surface area contributed by atoms with Gasteiger partial charge in [0.15, 0.2) is 0 Å². The minimum Gasteiger partial charge on any atom is -0.330 e. The third-order valence-corrected chi connectivity index (χ3v) is 0.948. The first kappa shape index (κ1) is 7.00. The first-order valence-corrected chi connectivity index (χ1v) is 2.84. The van der Waals surface area contributed by atoms with Crippen molar-refractivity contribution >= 4 is 28.9 Å². The van der Waals surface area contributed by atoms with Crippen molar-refractivity contribution < 1.29 is 4.79 Å². The molecule has 0 bridgehead atoms. The number of rotatable bonds is 0. The summed E-state index contributed by atoms with van der Waals surface area (Å²) in [5, 5.41) is 0. The zero-order chi connectivity index (χ0) is 5.86. The standard InChI is InChI=1S/C3H7IN2O/c1-6(2)3(7)5-4/h1-2H3,(H,5,7). The van der Waals surface area contributed by atoms with Crippen molar-refractivity contribution in [1.82, 2.24) is 8.43 Å². The van der Waals surface area contributed by atoms with Gasteiger partial charge in [-0.2, -0.15) is 0 Å². The topological polar surface area (TPSA) is 32.3 Å². The zero-order valence-corrected chi connectivity index (χ0v) is 6.39. The highest BCUT2D eigenvalue weighted by Crippen LogP contribution is 1.78. The van der Waals surface area contributed by atoms with E-state index in [9.17, 15) is 4.79 Å². The molecule has 0 saturated heterocycles. The number of nitrogens with one attached hydrogen (secondary N) is 1. The van der Waals surface area contributed by atoms with E-state index in [1.807, 2.05) is 0 Å². The van der Waals surface area contributed by atoms with Crippen LogP contribution < -0.4 is 3.53 Å². The molecule has 2 amide bonds. The summed E-state index contributed by atoms with van der Waals surface area (Å²) in [4.78, 5) is 11.8. The van der Waals surface area contributed by atoms with Gasteiger partial charge in [0.1, 0.15) is 0 Å². The van der Waals surface area contributed by atoms with Crippen LogP contribution in [-0.4, -0.2) is 25.0 Å². The Bertz CT molecular complexity index is 73.3. The fourth-order valence-corrected chi connectivity index (χ4v) is 0.567. The maximum atomic E-state index is 10.3. The van der Waals surface area contributed by atoms with E-state index >= 15 is 0 Å². The van der Waals surface area contributed by atoms with Crippen LogP contribution in [0.15, 0.2) is 0 Å². The molecule has 1 N–H and O–H groups in total. The van der Waals surface area contributed by atoms with E-state index in [4.69, 9.17) is 0 Å². The predicted octanol–water partition coefficient (Wildman–Crippen LogP) is 0.608. The van der Waals surface area contributed by atoms with Crippen LogP contribution >= 0.6 is 22.9 Å². The molecule has 0 aromatic rings. The number of hydrogen-bond donors (Lipinski definition) is 1. The first-order chi connectivity index (χ1) is 3.18. The van der Waals surface area contributed by atoms with Crippen molar-refractivity contribution in [3.05, 3.63) is 0 Å². The normalized spacial score (nSPS) is 7.86. The van der Waals surface area contributed by atoms with Gasteiger partial charge in [-0.25, -0.2) is 4.79 Å². The number of halogens is 1. The van der Waals surface area contributed by atoms with E-state index < -0.39 is 0 Å². The largest absolute Gasteiger partial charge is 0.330 e. The Morgan fingerprint density at radius 2 is 2.14 bits per heavy atom. The third kappa shape index (κ3) is 2.67. The molecule has 0 spiro atoms. The molecule has 0 aliphatic rings. The number of carbonyl (C=O) groups excluding carboxylic acids is 1. The molecule has 0 aromatic heterocycles. The van der Waals surface area contributed by atoms with Gasteiger partial charge in [0.2, 0.25) is 0 Å². The second-order valence-electron chi connectivity index (χ2n) is 1.29. The Morgan fingerprint density at radius 3 is 2.14 bits per heavy atom. The molecular weight excluding hydrogens is 207 g/mol. The minimum atomic E-state index is -0.0828. The Balaban J connectivity index is 3.35. The maximum absolute atomic E-state index is 10.3. The van der Waals surface area contributed by atoms with E-state index in [-0.39, 0.29) is 6.03 Å². The molecule has 0 aliphatic carbocycles. The second-order valence-corrected chi connectivity index (χ2v) is 1.83. The van der Waals surface area contributed by atoms with E-state index in [1.54, 1.807) is 37.0 Å². The van der Waals surface area contributed by atoms with Gasteiger partial charge in [-0.15, -0.1) is 0 Å². The highest BCUT2D eigenvalue weighted by Gasteiger charge is 1.95.